The highest BCUT2D eigenvalue weighted by molar-refractivity contribution is 5.94. The van der Waals surface area contributed by atoms with Crippen LogP contribution in [0.2, 0.25) is 0 Å². The Morgan fingerprint density at radius 3 is 2.62 bits per heavy atom. The quantitative estimate of drug-likeness (QED) is 0.853. The van der Waals surface area contributed by atoms with Gasteiger partial charge in [-0.3, -0.25) is 4.79 Å². The highest BCUT2D eigenvalue weighted by atomic mass is 16.3. The van der Waals surface area contributed by atoms with Crippen molar-refractivity contribution in [3.63, 3.8) is 0 Å². The maximum atomic E-state index is 12.5. The minimum atomic E-state index is -0.0795. The molecule has 0 radical (unpaired) electrons. The van der Waals surface area contributed by atoms with Gasteiger partial charge >= 0.3 is 0 Å². The number of hydrogen-bond donors (Lipinski definition) is 2. The number of hydrogen-bond acceptors (Lipinski definition) is 4. The monoisotopic (exact) mass is 328 g/mol. The predicted molar refractivity (Wildman–Crippen MR) is 90.9 cm³/mol. The van der Waals surface area contributed by atoms with Gasteiger partial charge in [0.05, 0.1) is 18.1 Å². The van der Waals surface area contributed by atoms with Crippen molar-refractivity contribution < 1.29 is 9.90 Å². The van der Waals surface area contributed by atoms with Crippen LogP contribution in [0.15, 0.2) is 36.7 Å². The summed E-state index contributed by atoms with van der Waals surface area (Å²) in [4.78, 5) is 12.5. The van der Waals surface area contributed by atoms with E-state index in [1.54, 1.807) is 29.2 Å². The van der Waals surface area contributed by atoms with Crippen molar-refractivity contribution in [2.24, 2.45) is 5.92 Å². The van der Waals surface area contributed by atoms with Crippen molar-refractivity contribution in [3.05, 3.63) is 42.2 Å². The second kappa shape index (κ2) is 8.06. The minimum absolute atomic E-state index is 0.0535. The van der Waals surface area contributed by atoms with Crippen LogP contribution in [0.3, 0.4) is 0 Å². The van der Waals surface area contributed by atoms with Crippen LogP contribution in [-0.4, -0.2) is 38.7 Å². The van der Waals surface area contributed by atoms with Crippen LogP contribution in [0.4, 0.5) is 0 Å². The van der Waals surface area contributed by atoms with E-state index < -0.39 is 0 Å². The summed E-state index contributed by atoms with van der Waals surface area (Å²) in [7, 11) is 0. The molecular weight excluding hydrogens is 304 g/mol. The van der Waals surface area contributed by atoms with Gasteiger partial charge in [0.2, 0.25) is 0 Å². The zero-order valence-electron chi connectivity index (χ0n) is 13.8. The molecule has 0 spiro atoms. The molecule has 128 valence electrons. The molecule has 1 unspecified atom stereocenters. The minimum Gasteiger partial charge on any atom is -0.396 e. The lowest BCUT2D eigenvalue weighted by Gasteiger charge is -2.30. The van der Waals surface area contributed by atoms with Gasteiger partial charge in [0.1, 0.15) is 0 Å². The first-order valence-corrected chi connectivity index (χ1v) is 8.66. The molecule has 3 rings (SSSR count). The third-order valence-corrected chi connectivity index (χ3v) is 4.79. The van der Waals surface area contributed by atoms with Gasteiger partial charge in [0, 0.05) is 18.2 Å². The summed E-state index contributed by atoms with van der Waals surface area (Å²) in [6.07, 6.45) is 9.98. The Morgan fingerprint density at radius 1 is 1.25 bits per heavy atom. The fourth-order valence-corrected chi connectivity index (χ4v) is 3.46. The first-order valence-electron chi connectivity index (χ1n) is 8.66. The van der Waals surface area contributed by atoms with Crippen LogP contribution in [-0.2, 0) is 0 Å². The average Bonchev–Trinajstić information content (AvgIpc) is 3.17. The zero-order valence-corrected chi connectivity index (χ0v) is 13.8. The highest BCUT2D eigenvalue weighted by Crippen LogP contribution is 2.28. The van der Waals surface area contributed by atoms with Crippen LogP contribution in [0.1, 0.15) is 48.9 Å². The number of rotatable bonds is 6. The number of amides is 1. The molecule has 0 bridgehead atoms. The van der Waals surface area contributed by atoms with Crippen molar-refractivity contribution in [2.75, 3.05) is 6.61 Å². The van der Waals surface area contributed by atoms with Gasteiger partial charge in [0.15, 0.2) is 0 Å². The smallest absolute Gasteiger partial charge is 0.251 e. The Balaban J connectivity index is 1.65. The second-order valence-electron chi connectivity index (χ2n) is 6.38. The van der Waals surface area contributed by atoms with Crippen LogP contribution < -0.4 is 5.32 Å². The molecule has 6 nitrogen and oxygen atoms in total. The topological polar surface area (TPSA) is 80.0 Å². The van der Waals surface area contributed by atoms with Gasteiger partial charge in [-0.2, -0.15) is 0 Å². The summed E-state index contributed by atoms with van der Waals surface area (Å²) in [6.45, 7) is 0.104. The fourth-order valence-electron chi connectivity index (χ4n) is 3.46. The molecule has 0 saturated heterocycles. The lowest BCUT2D eigenvalue weighted by molar-refractivity contribution is 0.0899. The number of carbonyl (C=O) groups is 1. The Labute approximate surface area is 141 Å². The van der Waals surface area contributed by atoms with Gasteiger partial charge in [-0.05, 0) is 49.4 Å². The van der Waals surface area contributed by atoms with E-state index in [0.717, 1.165) is 18.5 Å². The van der Waals surface area contributed by atoms with Gasteiger partial charge in [-0.15, -0.1) is 5.10 Å². The molecule has 1 atom stereocenters. The maximum Gasteiger partial charge on any atom is 0.251 e. The third kappa shape index (κ3) is 4.00. The summed E-state index contributed by atoms with van der Waals surface area (Å²) in [6, 6.07) is 7.35. The van der Waals surface area contributed by atoms with Crippen molar-refractivity contribution in [3.8, 4) is 5.69 Å². The second-order valence-corrected chi connectivity index (χ2v) is 6.38. The van der Waals surface area contributed by atoms with Crippen LogP contribution in [0.5, 0.6) is 0 Å². The summed E-state index contributed by atoms with van der Waals surface area (Å²) in [5.41, 5.74) is 1.49. The van der Waals surface area contributed by atoms with Crippen molar-refractivity contribution in [1.82, 2.24) is 20.3 Å². The number of aliphatic hydroxyl groups is 1. The fraction of sp³-hybridized carbons (Fsp3) is 0.500. The molecule has 2 aromatic rings. The zero-order chi connectivity index (χ0) is 16.8. The molecular formula is C18H24N4O2. The number of nitrogens with zero attached hydrogens (tertiary/aromatic N) is 3. The van der Waals surface area contributed by atoms with E-state index >= 15 is 0 Å². The largest absolute Gasteiger partial charge is 0.396 e. The first-order chi connectivity index (χ1) is 11.8. The van der Waals surface area contributed by atoms with E-state index in [1.165, 1.54) is 19.3 Å². The molecule has 2 N–H and O–H groups in total. The SMILES string of the molecule is O=C(NC(CCO)C1CCCCC1)c1ccc(-n2ccnn2)cc1. The van der Waals surface area contributed by atoms with E-state index in [2.05, 4.69) is 15.6 Å². The van der Waals surface area contributed by atoms with Gasteiger partial charge in [-0.1, -0.05) is 24.5 Å². The molecule has 6 heteroatoms. The number of aliphatic hydroxyl groups excluding tert-OH is 1. The maximum absolute atomic E-state index is 12.5. The molecule has 1 saturated carbocycles. The van der Waals surface area contributed by atoms with Crippen LogP contribution in [0.25, 0.3) is 5.69 Å². The number of aromatic nitrogens is 3. The Kier molecular flexibility index (Phi) is 5.59. The highest BCUT2D eigenvalue weighted by Gasteiger charge is 2.25. The van der Waals surface area contributed by atoms with Gasteiger partial charge < -0.3 is 10.4 Å². The number of benzene rings is 1. The van der Waals surface area contributed by atoms with E-state index in [-0.39, 0.29) is 18.6 Å². The molecule has 1 amide bonds. The van der Waals surface area contributed by atoms with E-state index in [4.69, 9.17) is 0 Å². The molecule has 1 aromatic heterocycles. The number of carbonyl (C=O) groups excluding carboxylic acids is 1. The normalized spacial score (nSPS) is 16.7. The Bertz CT molecular complexity index is 634. The Hall–Kier alpha value is -2.21. The van der Waals surface area contributed by atoms with Crippen molar-refractivity contribution >= 4 is 5.91 Å². The molecule has 1 aliphatic rings. The number of nitrogens with one attached hydrogen (secondary N) is 1. The summed E-state index contributed by atoms with van der Waals surface area (Å²) in [5.74, 6) is 0.397. The van der Waals surface area contributed by atoms with Gasteiger partial charge in [-0.25, -0.2) is 4.68 Å². The first kappa shape index (κ1) is 16.6. The van der Waals surface area contributed by atoms with Gasteiger partial charge in [0.25, 0.3) is 5.91 Å². The lowest BCUT2D eigenvalue weighted by atomic mass is 9.82. The standard InChI is InChI=1S/C18H24N4O2/c23-13-10-17(14-4-2-1-3-5-14)20-18(24)15-6-8-16(9-7-15)22-12-11-19-21-22/h6-9,11-12,14,17,23H,1-5,10,13H2,(H,20,24). The van der Waals surface area contributed by atoms with Crippen LogP contribution >= 0.6 is 0 Å². The van der Waals surface area contributed by atoms with E-state index in [0.29, 0.717) is 17.9 Å². The molecule has 1 aromatic carbocycles. The molecule has 0 aliphatic heterocycles. The molecule has 1 heterocycles. The van der Waals surface area contributed by atoms with Crippen molar-refractivity contribution in [2.45, 2.75) is 44.6 Å². The third-order valence-electron chi connectivity index (χ3n) is 4.79. The predicted octanol–water partition coefficient (Wildman–Crippen LogP) is 2.33. The molecule has 24 heavy (non-hydrogen) atoms. The Morgan fingerprint density at radius 2 is 2.00 bits per heavy atom. The summed E-state index contributed by atoms with van der Waals surface area (Å²) >= 11 is 0. The average molecular weight is 328 g/mol. The van der Waals surface area contributed by atoms with E-state index in [1.807, 2.05) is 12.1 Å². The van der Waals surface area contributed by atoms with Crippen LogP contribution in [0, 0.1) is 5.92 Å². The van der Waals surface area contributed by atoms with E-state index in [9.17, 15) is 9.90 Å². The summed E-state index contributed by atoms with van der Waals surface area (Å²) < 4.78 is 1.65. The lowest BCUT2D eigenvalue weighted by Crippen LogP contribution is -2.41. The molecule has 1 fully saturated rings. The summed E-state index contributed by atoms with van der Waals surface area (Å²) in [5, 5.41) is 20.2. The van der Waals surface area contributed by atoms with Crippen molar-refractivity contribution in [1.29, 1.82) is 0 Å². The molecule has 1 aliphatic carbocycles.